The number of rotatable bonds is 8. The molecule has 2 atom stereocenters. The summed E-state index contributed by atoms with van der Waals surface area (Å²) in [6.07, 6.45) is -0.134. The van der Waals surface area contributed by atoms with Crippen molar-refractivity contribution in [2.24, 2.45) is 5.73 Å². The molecule has 3 rings (SSSR count). The summed E-state index contributed by atoms with van der Waals surface area (Å²) >= 11 is 0. The lowest BCUT2D eigenvalue weighted by Crippen LogP contribution is -2.41. The average Bonchev–Trinajstić information content (AvgIpc) is 2.75. The van der Waals surface area contributed by atoms with E-state index in [-0.39, 0.29) is 29.9 Å². The van der Waals surface area contributed by atoms with Gasteiger partial charge in [0.2, 0.25) is 5.91 Å². The third-order valence-corrected chi connectivity index (χ3v) is 5.19. The second kappa shape index (κ2) is 10.4. The highest BCUT2D eigenvalue weighted by Crippen LogP contribution is 2.28. The smallest absolute Gasteiger partial charge is 0.312 e. The summed E-state index contributed by atoms with van der Waals surface area (Å²) in [5.41, 5.74) is 7.61. The highest BCUT2D eigenvalue weighted by molar-refractivity contribution is 5.79. The summed E-state index contributed by atoms with van der Waals surface area (Å²) in [7, 11) is 0. The molecular weight excluding hydrogens is 393 g/mol. The number of hydrogen-bond donors (Lipinski definition) is 3. The molecule has 0 aliphatic carbocycles. The Labute approximate surface area is 181 Å². The second-order valence-corrected chi connectivity index (χ2v) is 7.44. The van der Waals surface area contributed by atoms with Crippen LogP contribution in [-0.2, 0) is 4.79 Å². The predicted octanol–water partition coefficient (Wildman–Crippen LogP) is 4.26. The van der Waals surface area contributed by atoms with E-state index in [1.54, 1.807) is 12.1 Å². The van der Waals surface area contributed by atoms with Gasteiger partial charge >= 0.3 is 6.03 Å². The van der Waals surface area contributed by atoms with Crippen molar-refractivity contribution in [2.75, 3.05) is 0 Å². The zero-order valence-electron chi connectivity index (χ0n) is 17.3. The summed E-state index contributed by atoms with van der Waals surface area (Å²) in [5.74, 6) is -0.887. The van der Waals surface area contributed by atoms with Crippen LogP contribution in [0.5, 0.6) is 0 Å². The van der Waals surface area contributed by atoms with Gasteiger partial charge < -0.3 is 16.4 Å². The topological polar surface area (TPSA) is 84.2 Å². The maximum absolute atomic E-state index is 14.3. The molecule has 31 heavy (non-hydrogen) atoms. The average molecular weight is 420 g/mol. The molecule has 4 N–H and O–H groups in total. The first-order chi connectivity index (χ1) is 15.0. The minimum absolute atomic E-state index is 0.0673. The molecule has 0 aliphatic heterocycles. The summed E-state index contributed by atoms with van der Waals surface area (Å²) in [5, 5.41) is 5.49. The molecule has 0 bridgehead atoms. The quantitative estimate of drug-likeness (QED) is 0.510. The number of amides is 3. The molecule has 0 radical (unpaired) electrons. The Balaban J connectivity index is 1.79. The van der Waals surface area contributed by atoms with E-state index < -0.39 is 17.9 Å². The van der Waals surface area contributed by atoms with Crippen molar-refractivity contribution in [2.45, 2.75) is 31.3 Å². The molecule has 3 aromatic carbocycles. The van der Waals surface area contributed by atoms with Crippen LogP contribution < -0.4 is 16.4 Å². The number of halogens is 1. The maximum atomic E-state index is 14.3. The fourth-order valence-electron chi connectivity index (χ4n) is 3.84. The van der Waals surface area contributed by atoms with Crippen LogP contribution in [0.4, 0.5) is 9.18 Å². The van der Waals surface area contributed by atoms with E-state index in [1.165, 1.54) is 12.1 Å². The minimum atomic E-state index is -0.863. The fraction of sp³-hybridized carbons (Fsp3) is 0.200. The lowest BCUT2D eigenvalue weighted by molar-refractivity contribution is -0.122. The standard InChI is InChI=1S/C25H26FN3O2/c1-17(24(18-10-4-2-5-11-18)19-12-6-3-7-13-19)28-23(30)16-22(29-25(27)31)20-14-8-9-15-21(20)26/h2-15,17,22,24H,16H2,1H3,(H,28,30)(H3,27,29,31)/t17-,22-/m0/s1. The normalized spacial score (nSPS) is 12.7. The Bertz CT molecular complexity index is 972. The van der Waals surface area contributed by atoms with Crippen LogP contribution in [0.1, 0.15) is 42.0 Å². The third kappa shape index (κ3) is 5.92. The molecule has 160 valence electrons. The second-order valence-electron chi connectivity index (χ2n) is 7.44. The molecule has 0 unspecified atom stereocenters. The van der Waals surface area contributed by atoms with Gasteiger partial charge in [-0.2, -0.15) is 0 Å². The van der Waals surface area contributed by atoms with Crippen molar-refractivity contribution in [3.8, 4) is 0 Å². The Morgan fingerprint density at radius 1 is 0.839 bits per heavy atom. The monoisotopic (exact) mass is 419 g/mol. The molecule has 0 heterocycles. The number of primary amides is 1. The summed E-state index contributed by atoms with van der Waals surface area (Å²) in [6.45, 7) is 1.93. The van der Waals surface area contributed by atoms with Gasteiger partial charge in [-0.15, -0.1) is 0 Å². The van der Waals surface area contributed by atoms with Gasteiger partial charge in [0.1, 0.15) is 5.82 Å². The van der Waals surface area contributed by atoms with Crippen LogP contribution in [0.2, 0.25) is 0 Å². The third-order valence-electron chi connectivity index (χ3n) is 5.19. The molecule has 0 aromatic heterocycles. The number of nitrogens with two attached hydrogens (primary N) is 1. The van der Waals surface area contributed by atoms with Crippen LogP contribution in [0, 0.1) is 5.82 Å². The minimum Gasteiger partial charge on any atom is -0.353 e. The molecule has 0 aliphatic rings. The van der Waals surface area contributed by atoms with E-state index in [0.717, 1.165) is 11.1 Å². The van der Waals surface area contributed by atoms with E-state index in [1.807, 2.05) is 67.6 Å². The predicted molar refractivity (Wildman–Crippen MR) is 119 cm³/mol. The molecule has 0 saturated heterocycles. The number of carbonyl (C=O) groups excluding carboxylic acids is 2. The van der Waals surface area contributed by atoms with Gasteiger partial charge in [0, 0.05) is 17.5 Å². The first-order valence-electron chi connectivity index (χ1n) is 10.2. The van der Waals surface area contributed by atoms with Gasteiger partial charge in [-0.25, -0.2) is 9.18 Å². The van der Waals surface area contributed by atoms with Gasteiger partial charge in [-0.3, -0.25) is 4.79 Å². The molecule has 3 amide bonds. The van der Waals surface area contributed by atoms with Crippen LogP contribution >= 0.6 is 0 Å². The fourth-order valence-corrected chi connectivity index (χ4v) is 3.84. The number of carbonyl (C=O) groups is 2. The Morgan fingerprint density at radius 3 is 1.87 bits per heavy atom. The number of urea groups is 1. The molecule has 6 heteroatoms. The van der Waals surface area contributed by atoms with Gasteiger partial charge in [0.25, 0.3) is 0 Å². The highest BCUT2D eigenvalue weighted by Gasteiger charge is 2.25. The number of benzene rings is 3. The zero-order valence-corrected chi connectivity index (χ0v) is 17.3. The van der Waals surface area contributed by atoms with Crippen molar-refractivity contribution in [1.29, 1.82) is 0 Å². The van der Waals surface area contributed by atoms with Crippen LogP contribution in [0.25, 0.3) is 0 Å². The Hall–Kier alpha value is -3.67. The molecular formula is C25H26FN3O2. The van der Waals surface area contributed by atoms with E-state index in [0.29, 0.717) is 0 Å². The van der Waals surface area contributed by atoms with Gasteiger partial charge in [0.15, 0.2) is 0 Å². The highest BCUT2D eigenvalue weighted by atomic mass is 19.1. The van der Waals surface area contributed by atoms with Gasteiger partial charge in [-0.1, -0.05) is 78.9 Å². The molecule has 0 fully saturated rings. The van der Waals surface area contributed by atoms with Crippen molar-refractivity contribution in [3.63, 3.8) is 0 Å². The number of hydrogen-bond acceptors (Lipinski definition) is 2. The maximum Gasteiger partial charge on any atom is 0.312 e. The molecule has 3 aromatic rings. The Morgan fingerprint density at radius 2 is 1.35 bits per heavy atom. The first-order valence-corrected chi connectivity index (χ1v) is 10.2. The van der Waals surface area contributed by atoms with Crippen LogP contribution in [-0.4, -0.2) is 18.0 Å². The van der Waals surface area contributed by atoms with Crippen molar-refractivity contribution in [1.82, 2.24) is 10.6 Å². The van der Waals surface area contributed by atoms with E-state index in [2.05, 4.69) is 10.6 Å². The van der Waals surface area contributed by atoms with E-state index in [4.69, 9.17) is 5.73 Å². The first kappa shape index (κ1) is 22.0. The van der Waals surface area contributed by atoms with E-state index in [9.17, 15) is 14.0 Å². The lowest BCUT2D eigenvalue weighted by Gasteiger charge is -2.27. The van der Waals surface area contributed by atoms with Crippen molar-refractivity contribution < 1.29 is 14.0 Å². The van der Waals surface area contributed by atoms with Crippen molar-refractivity contribution >= 4 is 11.9 Å². The number of nitrogens with one attached hydrogen (secondary N) is 2. The SMILES string of the molecule is C[C@H](NC(=O)C[C@H](NC(N)=O)c1ccccc1F)C(c1ccccc1)c1ccccc1. The Kier molecular flexibility index (Phi) is 7.38. The van der Waals surface area contributed by atoms with Crippen LogP contribution in [0.3, 0.4) is 0 Å². The van der Waals surface area contributed by atoms with E-state index >= 15 is 0 Å². The van der Waals surface area contributed by atoms with Crippen LogP contribution in [0.15, 0.2) is 84.9 Å². The van der Waals surface area contributed by atoms with Gasteiger partial charge in [0.05, 0.1) is 12.5 Å². The lowest BCUT2D eigenvalue weighted by atomic mass is 9.85. The molecule has 0 saturated carbocycles. The summed E-state index contributed by atoms with van der Waals surface area (Å²) in [4.78, 5) is 24.3. The zero-order chi connectivity index (χ0) is 22.2. The largest absolute Gasteiger partial charge is 0.353 e. The van der Waals surface area contributed by atoms with Gasteiger partial charge in [-0.05, 0) is 24.1 Å². The summed E-state index contributed by atoms with van der Waals surface area (Å²) < 4.78 is 14.3. The van der Waals surface area contributed by atoms with Crippen molar-refractivity contribution in [3.05, 3.63) is 107 Å². The summed E-state index contributed by atoms with van der Waals surface area (Å²) in [6, 6.07) is 23.9. The molecule has 0 spiro atoms. The molecule has 5 nitrogen and oxygen atoms in total.